The van der Waals surface area contributed by atoms with E-state index in [4.69, 9.17) is 0 Å². The lowest BCUT2D eigenvalue weighted by molar-refractivity contribution is -0.117. The van der Waals surface area contributed by atoms with Gasteiger partial charge in [0.25, 0.3) is 0 Å². The molecule has 1 aliphatic rings. The molecule has 2 atom stereocenters. The highest BCUT2D eigenvalue weighted by molar-refractivity contribution is 5.95. The molecule has 0 unspecified atom stereocenters. The standard InChI is InChI=1S/C16H14N4O/c21-15(19-16-17-9-18-20-16)14-8-13(14)12-7-3-5-10-4-1-2-6-11(10)12/h1-7,9,13-14H,8H2,(H2,17,18,19,20,21)/t13-,14+/m0/s1. The van der Waals surface area contributed by atoms with Crippen molar-refractivity contribution in [3.63, 3.8) is 0 Å². The predicted molar refractivity (Wildman–Crippen MR) is 79.8 cm³/mol. The van der Waals surface area contributed by atoms with Crippen LogP contribution in [-0.4, -0.2) is 21.1 Å². The summed E-state index contributed by atoms with van der Waals surface area (Å²) in [7, 11) is 0. The number of hydrogen-bond donors (Lipinski definition) is 2. The molecule has 5 heteroatoms. The van der Waals surface area contributed by atoms with Crippen molar-refractivity contribution in [2.75, 3.05) is 5.32 Å². The van der Waals surface area contributed by atoms with Crippen LogP contribution in [0.3, 0.4) is 0 Å². The summed E-state index contributed by atoms with van der Waals surface area (Å²) in [6, 6.07) is 14.6. The largest absolute Gasteiger partial charge is 0.295 e. The molecule has 4 rings (SSSR count). The van der Waals surface area contributed by atoms with E-state index in [9.17, 15) is 4.79 Å². The minimum atomic E-state index is 0.00434. The molecule has 0 radical (unpaired) electrons. The minimum absolute atomic E-state index is 0.00434. The molecular formula is C16H14N4O. The Bertz CT molecular complexity index is 792. The van der Waals surface area contributed by atoms with Crippen LogP contribution in [0.4, 0.5) is 5.95 Å². The molecule has 21 heavy (non-hydrogen) atoms. The molecule has 0 spiro atoms. The van der Waals surface area contributed by atoms with Gasteiger partial charge in [-0.15, -0.1) is 0 Å². The van der Waals surface area contributed by atoms with Crippen LogP contribution < -0.4 is 5.32 Å². The van der Waals surface area contributed by atoms with Gasteiger partial charge in [-0.2, -0.15) is 10.1 Å². The van der Waals surface area contributed by atoms with E-state index in [-0.39, 0.29) is 11.8 Å². The van der Waals surface area contributed by atoms with Crippen LogP contribution in [0.1, 0.15) is 17.9 Å². The van der Waals surface area contributed by atoms with Crippen molar-refractivity contribution in [1.29, 1.82) is 0 Å². The molecule has 104 valence electrons. The lowest BCUT2D eigenvalue weighted by Crippen LogP contribution is -2.15. The second kappa shape index (κ2) is 4.70. The molecular weight excluding hydrogens is 264 g/mol. The van der Waals surface area contributed by atoms with Crippen LogP contribution in [0.5, 0.6) is 0 Å². The average Bonchev–Trinajstić information content (AvgIpc) is 3.16. The molecule has 1 heterocycles. The molecule has 1 aromatic heterocycles. The number of aromatic amines is 1. The summed E-state index contributed by atoms with van der Waals surface area (Å²) in [5.74, 6) is 0.716. The average molecular weight is 278 g/mol. The van der Waals surface area contributed by atoms with Crippen molar-refractivity contribution in [2.45, 2.75) is 12.3 Å². The zero-order valence-electron chi connectivity index (χ0n) is 11.3. The first kappa shape index (κ1) is 12.1. The van der Waals surface area contributed by atoms with Crippen molar-refractivity contribution in [2.24, 2.45) is 5.92 Å². The number of anilines is 1. The van der Waals surface area contributed by atoms with Crippen molar-refractivity contribution in [3.05, 3.63) is 54.4 Å². The number of benzene rings is 2. The van der Waals surface area contributed by atoms with E-state index in [1.807, 2.05) is 12.1 Å². The zero-order chi connectivity index (χ0) is 14.2. The highest BCUT2D eigenvalue weighted by atomic mass is 16.2. The number of H-pyrrole nitrogens is 1. The van der Waals surface area contributed by atoms with E-state index in [1.54, 1.807) is 0 Å². The third-order valence-electron chi connectivity index (χ3n) is 4.01. The number of amides is 1. The second-order valence-electron chi connectivity index (χ2n) is 5.34. The fourth-order valence-corrected chi connectivity index (χ4v) is 2.88. The maximum Gasteiger partial charge on any atom is 0.230 e. The molecule has 0 aliphatic heterocycles. The normalized spacial score (nSPS) is 20.4. The SMILES string of the molecule is O=C(Nc1ncn[nH]1)[C@@H]1C[C@H]1c1cccc2ccccc12. The first-order chi connectivity index (χ1) is 10.3. The monoisotopic (exact) mass is 278 g/mol. The number of aromatic nitrogens is 3. The molecule has 1 amide bonds. The molecule has 1 saturated carbocycles. The third-order valence-corrected chi connectivity index (χ3v) is 4.01. The number of nitrogens with zero attached hydrogens (tertiary/aromatic N) is 2. The molecule has 3 aromatic rings. The van der Waals surface area contributed by atoms with Crippen molar-refractivity contribution >= 4 is 22.6 Å². The Kier molecular flexibility index (Phi) is 2.70. The van der Waals surface area contributed by atoms with Gasteiger partial charge in [0.05, 0.1) is 0 Å². The summed E-state index contributed by atoms with van der Waals surface area (Å²) in [6.45, 7) is 0. The fraction of sp³-hybridized carbons (Fsp3) is 0.188. The van der Waals surface area contributed by atoms with E-state index in [0.29, 0.717) is 11.9 Å². The van der Waals surface area contributed by atoms with Gasteiger partial charge in [0.15, 0.2) is 0 Å². The molecule has 1 aliphatic carbocycles. The lowest BCUT2D eigenvalue weighted by Gasteiger charge is -2.06. The maximum atomic E-state index is 12.2. The van der Waals surface area contributed by atoms with Crippen molar-refractivity contribution < 1.29 is 4.79 Å². The van der Waals surface area contributed by atoms with E-state index < -0.39 is 0 Å². The first-order valence-electron chi connectivity index (χ1n) is 6.97. The molecule has 1 fully saturated rings. The second-order valence-corrected chi connectivity index (χ2v) is 5.34. The highest BCUT2D eigenvalue weighted by Gasteiger charge is 2.44. The summed E-state index contributed by atoms with van der Waals surface area (Å²) >= 11 is 0. The number of carbonyl (C=O) groups is 1. The summed E-state index contributed by atoms with van der Waals surface area (Å²) in [5, 5.41) is 11.6. The van der Waals surface area contributed by atoms with E-state index in [0.717, 1.165) is 6.42 Å². The van der Waals surface area contributed by atoms with Crippen LogP contribution in [0.15, 0.2) is 48.8 Å². The lowest BCUT2D eigenvalue weighted by atomic mass is 10.00. The molecule has 5 nitrogen and oxygen atoms in total. The van der Waals surface area contributed by atoms with Gasteiger partial charge >= 0.3 is 0 Å². The quantitative estimate of drug-likeness (QED) is 0.773. The van der Waals surface area contributed by atoms with Crippen LogP contribution in [0, 0.1) is 5.92 Å². The third kappa shape index (κ3) is 2.16. The summed E-state index contributed by atoms with van der Waals surface area (Å²) < 4.78 is 0. The van der Waals surface area contributed by atoms with Gasteiger partial charge in [0.2, 0.25) is 11.9 Å². The summed E-state index contributed by atoms with van der Waals surface area (Å²) in [5.41, 5.74) is 1.26. The van der Waals surface area contributed by atoms with E-state index >= 15 is 0 Å². The summed E-state index contributed by atoms with van der Waals surface area (Å²) in [4.78, 5) is 16.1. The van der Waals surface area contributed by atoms with Crippen LogP contribution >= 0.6 is 0 Å². The van der Waals surface area contributed by atoms with Gasteiger partial charge in [-0.05, 0) is 28.7 Å². The van der Waals surface area contributed by atoms with Gasteiger partial charge < -0.3 is 0 Å². The van der Waals surface area contributed by atoms with Crippen LogP contribution in [0.2, 0.25) is 0 Å². The van der Waals surface area contributed by atoms with Gasteiger partial charge in [0.1, 0.15) is 6.33 Å². The smallest absolute Gasteiger partial charge is 0.230 e. The minimum Gasteiger partial charge on any atom is -0.295 e. The zero-order valence-corrected chi connectivity index (χ0v) is 11.3. The first-order valence-corrected chi connectivity index (χ1v) is 6.97. The van der Waals surface area contributed by atoms with E-state index in [2.05, 4.69) is 50.8 Å². The molecule has 0 saturated heterocycles. The Hall–Kier alpha value is -2.69. The highest BCUT2D eigenvalue weighted by Crippen LogP contribution is 2.49. The Morgan fingerprint density at radius 3 is 2.90 bits per heavy atom. The summed E-state index contributed by atoms with van der Waals surface area (Å²) in [6.07, 6.45) is 2.26. The maximum absolute atomic E-state index is 12.2. The number of nitrogens with one attached hydrogen (secondary N) is 2. The Labute approximate surface area is 121 Å². The number of rotatable bonds is 3. The van der Waals surface area contributed by atoms with Gasteiger partial charge in [-0.1, -0.05) is 42.5 Å². The van der Waals surface area contributed by atoms with Gasteiger partial charge in [-0.3, -0.25) is 10.1 Å². The molecule has 2 N–H and O–H groups in total. The number of carbonyl (C=O) groups excluding carboxylic acids is 1. The van der Waals surface area contributed by atoms with Gasteiger partial charge in [0, 0.05) is 5.92 Å². The van der Waals surface area contributed by atoms with Crippen LogP contribution in [-0.2, 0) is 4.79 Å². The Balaban J connectivity index is 1.57. The topological polar surface area (TPSA) is 70.7 Å². The van der Waals surface area contributed by atoms with Crippen molar-refractivity contribution in [3.8, 4) is 0 Å². The Morgan fingerprint density at radius 1 is 1.19 bits per heavy atom. The van der Waals surface area contributed by atoms with Crippen molar-refractivity contribution in [1.82, 2.24) is 15.2 Å². The Morgan fingerprint density at radius 2 is 2.05 bits per heavy atom. The predicted octanol–water partition coefficient (Wildman–Crippen LogP) is 2.70. The fourth-order valence-electron chi connectivity index (χ4n) is 2.88. The molecule has 0 bridgehead atoms. The molecule has 2 aromatic carbocycles. The van der Waals surface area contributed by atoms with Gasteiger partial charge in [-0.25, -0.2) is 5.10 Å². The van der Waals surface area contributed by atoms with E-state index in [1.165, 1.54) is 22.7 Å². The number of fused-ring (bicyclic) bond motifs is 1. The number of hydrogen-bond acceptors (Lipinski definition) is 3. The van der Waals surface area contributed by atoms with Crippen LogP contribution in [0.25, 0.3) is 10.8 Å².